The van der Waals surface area contributed by atoms with Gasteiger partial charge in [-0.2, -0.15) is 0 Å². The monoisotopic (exact) mass is 341 g/mol. The first-order valence-electron chi connectivity index (χ1n) is 5.62. The van der Waals surface area contributed by atoms with E-state index in [0.717, 1.165) is 21.8 Å². The third-order valence-corrected chi connectivity index (χ3v) is 3.27. The Bertz CT molecular complexity index is 548. The Labute approximate surface area is 123 Å². The predicted molar refractivity (Wildman–Crippen MR) is 76.5 cm³/mol. The van der Waals surface area contributed by atoms with Crippen molar-refractivity contribution in [1.82, 2.24) is 14.9 Å². The molecule has 100 valence electrons. The van der Waals surface area contributed by atoms with Gasteiger partial charge in [-0.3, -0.25) is 4.79 Å². The van der Waals surface area contributed by atoms with E-state index < -0.39 is 0 Å². The lowest BCUT2D eigenvalue weighted by atomic mass is 10.3. The second-order valence-electron chi connectivity index (χ2n) is 3.89. The van der Waals surface area contributed by atoms with Crippen LogP contribution in [0, 0.1) is 0 Å². The van der Waals surface area contributed by atoms with Crippen molar-refractivity contribution in [2.75, 3.05) is 6.54 Å². The van der Waals surface area contributed by atoms with Gasteiger partial charge in [-0.1, -0.05) is 26.5 Å². The number of nitrogens with zero attached hydrogens (tertiary/aromatic N) is 2. The highest BCUT2D eigenvalue weighted by molar-refractivity contribution is 9.10. The van der Waals surface area contributed by atoms with Gasteiger partial charge in [-0.05, 0) is 36.7 Å². The van der Waals surface area contributed by atoms with Gasteiger partial charge in [0.2, 0.25) is 0 Å². The van der Waals surface area contributed by atoms with Crippen LogP contribution in [0.5, 0.6) is 5.75 Å². The van der Waals surface area contributed by atoms with E-state index in [0.29, 0.717) is 12.2 Å². The molecular weight excluding hydrogens is 330 g/mol. The van der Waals surface area contributed by atoms with Gasteiger partial charge < -0.3 is 10.1 Å². The number of benzene rings is 1. The molecule has 0 saturated heterocycles. The first-order chi connectivity index (χ1) is 9.15. The van der Waals surface area contributed by atoms with E-state index in [-0.39, 0.29) is 12.0 Å². The molecule has 0 aliphatic heterocycles. The summed E-state index contributed by atoms with van der Waals surface area (Å²) in [7, 11) is 0. The summed E-state index contributed by atoms with van der Waals surface area (Å²) < 4.78 is 10.3. The normalized spacial score (nSPS) is 11.9. The molecular formula is C12H12BrN3O2S. The molecule has 5 nitrogen and oxygen atoms in total. The molecule has 1 aromatic heterocycles. The van der Waals surface area contributed by atoms with Crippen LogP contribution in [-0.4, -0.2) is 28.1 Å². The zero-order valence-electron chi connectivity index (χ0n) is 10.2. The van der Waals surface area contributed by atoms with Crippen LogP contribution in [0.1, 0.15) is 17.4 Å². The van der Waals surface area contributed by atoms with Crippen LogP contribution in [0.2, 0.25) is 0 Å². The molecule has 0 radical (unpaired) electrons. The van der Waals surface area contributed by atoms with Gasteiger partial charge in [0.15, 0.2) is 5.69 Å². The molecule has 0 spiro atoms. The van der Waals surface area contributed by atoms with Gasteiger partial charge in [-0.25, -0.2) is 0 Å². The Balaban J connectivity index is 1.82. The molecule has 1 atom stereocenters. The molecule has 0 aliphatic rings. The molecule has 0 aliphatic carbocycles. The number of carbonyl (C=O) groups is 1. The summed E-state index contributed by atoms with van der Waals surface area (Å²) in [5.74, 6) is 0.518. The first kappa shape index (κ1) is 14.0. The summed E-state index contributed by atoms with van der Waals surface area (Å²) in [6.07, 6.45) is -0.134. The van der Waals surface area contributed by atoms with Gasteiger partial charge >= 0.3 is 0 Å². The number of ether oxygens (including phenoxy) is 1. The van der Waals surface area contributed by atoms with Crippen LogP contribution in [0.15, 0.2) is 34.1 Å². The SMILES string of the molecule is C[C@@H](CNC(=O)c1csnn1)Oc1cccc(Br)c1. The largest absolute Gasteiger partial charge is 0.489 e. The second kappa shape index (κ2) is 6.63. The van der Waals surface area contributed by atoms with Gasteiger partial charge in [0.05, 0.1) is 6.54 Å². The van der Waals surface area contributed by atoms with Gasteiger partial charge in [0.1, 0.15) is 11.9 Å². The van der Waals surface area contributed by atoms with E-state index in [1.807, 2.05) is 31.2 Å². The van der Waals surface area contributed by atoms with E-state index in [1.165, 1.54) is 0 Å². The standard InChI is InChI=1S/C12H12BrN3O2S/c1-8(18-10-4-2-3-9(13)5-10)6-14-12(17)11-7-19-16-15-11/h2-5,7-8H,6H2,1H3,(H,14,17)/t8-/m0/s1. The van der Waals surface area contributed by atoms with E-state index in [1.54, 1.807) is 5.38 Å². The molecule has 19 heavy (non-hydrogen) atoms. The third-order valence-electron chi connectivity index (χ3n) is 2.28. The van der Waals surface area contributed by atoms with Crippen molar-refractivity contribution in [1.29, 1.82) is 0 Å². The average molecular weight is 342 g/mol. The first-order valence-corrected chi connectivity index (χ1v) is 7.25. The summed E-state index contributed by atoms with van der Waals surface area (Å²) in [5.41, 5.74) is 0.333. The minimum atomic E-state index is -0.238. The van der Waals surface area contributed by atoms with E-state index >= 15 is 0 Å². The lowest BCUT2D eigenvalue weighted by Crippen LogP contribution is -2.33. The molecule has 1 amide bonds. The minimum Gasteiger partial charge on any atom is -0.489 e. The highest BCUT2D eigenvalue weighted by Gasteiger charge is 2.11. The van der Waals surface area contributed by atoms with Crippen LogP contribution in [0.3, 0.4) is 0 Å². The molecule has 0 bridgehead atoms. The summed E-state index contributed by atoms with van der Waals surface area (Å²) >= 11 is 4.52. The van der Waals surface area contributed by atoms with Crippen molar-refractivity contribution >= 4 is 33.4 Å². The van der Waals surface area contributed by atoms with Crippen LogP contribution < -0.4 is 10.1 Å². The van der Waals surface area contributed by atoms with Gasteiger partial charge in [0.25, 0.3) is 5.91 Å². The maximum atomic E-state index is 11.6. The Kier molecular flexibility index (Phi) is 4.86. The summed E-state index contributed by atoms with van der Waals surface area (Å²) in [6.45, 7) is 2.29. The molecule has 2 aromatic rings. The number of hydrogen-bond donors (Lipinski definition) is 1. The highest BCUT2D eigenvalue weighted by atomic mass is 79.9. The predicted octanol–water partition coefficient (Wildman–Crippen LogP) is 2.50. The van der Waals surface area contributed by atoms with Crippen molar-refractivity contribution in [3.05, 3.63) is 39.8 Å². The van der Waals surface area contributed by atoms with Crippen molar-refractivity contribution in [3.63, 3.8) is 0 Å². The van der Waals surface area contributed by atoms with Gasteiger partial charge in [0, 0.05) is 9.85 Å². The van der Waals surface area contributed by atoms with Crippen LogP contribution in [0.4, 0.5) is 0 Å². The average Bonchev–Trinajstić information content (AvgIpc) is 2.90. The Morgan fingerprint density at radius 3 is 3.11 bits per heavy atom. The fraction of sp³-hybridized carbons (Fsp3) is 0.250. The smallest absolute Gasteiger partial charge is 0.272 e. The highest BCUT2D eigenvalue weighted by Crippen LogP contribution is 2.18. The van der Waals surface area contributed by atoms with Crippen molar-refractivity contribution in [3.8, 4) is 5.75 Å². The Morgan fingerprint density at radius 2 is 2.42 bits per heavy atom. The lowest BCUT2D eigenvalue weighted by molar-refractivity contribution is 0.0927. The van der Waals surface area contributed by atoms with E-state index in [2.05, 4.69) is 30.8 Å². The number of amides is 1. The molecule has 0 unspecified atom stereocenters. The molecule has 0 saturated carbocycles. The molecule has 7 heteroatoms. The Hall–Kier alpha value is -1.47. The fourth-order valence-corrected chi connectivity index (χ4v) is 2.22. The van der Waals surface area contributed by atoms with Crippen LogP contribution in [-0.2, 0) is 0 Å². The number of carbonyl (C=O) groups excluding carboxylic acids is 1. The Morgan fingerprint density at radius 1 is 1.58 bits per heavy atom. The van der Waals surface area contributed by atoms with Crippen molar-refractivity contribution < 1.29 is 9.53 Å². The van der Waals surface area contributed by atoms with Crippen molar-refractivity contribution in [2.24, 2.45) is 0 Å². The van der Waals surface area contributed by atoms with E-state index in [4.69, 9.17) is 4.74 Å². The third kappa shape index (κ3) is 4.29. The number of halogens is 1. The maximum Gasteiger partial charge on any atom is 0.272 e. The molecule has 2 rings (SSSR count). The minimum absolute atomic E-state index is 0.134. The van der Waals surface area contributed by atoms with Crippen molar-refractivity contribution in [2.45, 2.75) is 13.0 Å². The molecule has 1 N–H and O–H groups in total. The number of hydrogen-bond acceptors (Lipinski definition) is 5. The summed E-state index contributed by atoms with van der Waals surface area (Å²) in [4.78, 5) is 11.6. The van der Waals surface area contributed by atoms with Crippen LogP contribution >= 0.6 is 27.5 Å². The number of rotatable bonds is 5. The number of aromatic nitrogens is 2. The maximum absolute atomic E-state index is 11.6. The van der Waals surface area contributed by atoms with Crippen LogP contribution in [0.25, 0.3) is 0 Å². The second-order valence-corrected chi connectivity index (χ2v) is 5.41. The summed E-state index contributed by atoms with van der Waals surface area (Å²) in [6, 6.07) is 7.57. The topological polar surface area (TPSA) is 64.1 Å². The molecule has 0 fully saturated rings. The number of nitrogens with one attached hydrogen (secondary N) is 1. The molecule has 1 heterocycles. The van der Waals surface area contributed by atoms with E-state index in [9.17, 15) is 4.79 Å². The van der Waals surface area contributed by atoms with Gasteiger partial charge in [-0.15, -0.1) is 5.10 Å². The molecule has 1 aromatic carbocycles. The zero-order chi connectivity index (χ0) is 13.7. The zero-order valence-corrected chi connectivity index (χ0v) is 12.6. The quantitative estimate of drug-likeness (QED) is 0.907. The lowest BCUT2D eigenvalue weighted by Gasteiger charge is -2.15. The summed E-state index contributed by atoms with van der Waals surface area (Å²) in [5, 5.41) is 8.05. The fourth-order valence-electron chi connectivity index (χ4n) is 1.40.